The van der Waals surface area contributed by atoms with Crippen molar-refractivity contribution in [3.05, 3.63) is 36.0 Å². The molecule has 1 aromatic heterocycles. The van der Waals surface area contributed by atoms with Crippen LogP contribution in [0.5, 0.6) is 0 Å². The number of carbonyl (C=O) groups is 1. The first-order valence-electron chi connectivity index (χ1n) is 7.88. The summed E-state index contributed by atoms with van der Waals surface area (Å²) in [4.78, 5) is 11.9. The zero-order chi connectivity index (χ0) is 17.3. The van der Waals surface area contributed by atoms with E-state index in [1.165, 1.54) is 0 Å². The minimum Gasteiger partial charge on any atom is -0.444 e. The molecular weight excluding hydrogens is 290 g/mol. The smallest absolute Gasteiger partial charge is 0.407 e. The molecule has 0 saturated carbocycles. The van der Waals surface area contributed by atoms with Crippen LogP contribution in [0.1, 0.15) is 33.3 Å². The van der Waals surface area contributed by atoms with Crippen LogP contribution in [0.4, 0.5) is 4.79 Å². The molecule has 2 rings (SSSR count). The van der Waals surface area contributed by atoms with Crippen molar-refractivity contribution < 1.29 is 9.53 Å². The Bertz CT molecular complexity index is 700. The first-order chi connectivity index (χ1) is 10.7. The number of nitrogens with one attached hydrogen (secondary N) is 1. The van der Waals surface area contributed by atoms with Gasteiger partial charge in [-0.05, 0) is 38.5 Å². The van der Waals surface area contributed by atoms with Crippen molar-refractivity contribution in [2.24, 2.45) is 12.8 Å². The average molecular weight is 317 g/mol. The normalized spacial score (nSPS) is 14.5. The highest BCUT2D eigenvalue weighted by Crippen LogP contribution is 2.30. The Morgan fingerprint density at radius 1 is 1.26 bits per heavy atom. The van der Waals surface area contributed by atoms with E-state index in [0.717, 1.165) is 16.5 Å². The number of alkyl carbamates (subject to hydrolysis) is 1. The molecule has 0 fully saturated rings. The number of nitrogens with two attached hydrogens (primary N) is 1. The van der Waals surface area contributed by atoms with E-state index < -0.39 is 11.7 Å². The van der Waals surface area contributed by atoms with Gasteiger partial charge in [0.25, 0.3) is 0 Å². The van der Waals surface area contributed by atoms with Gasteiger partial charge in [-0.1, -0.05) is 19.1 Å². The van der Waals surface area contributed by atoms with Gasteiger partial charge in [0.1, 0.15) is 5.60 Å². The molecule has 5 nitrogen and oxygen atoms in total. The molecule has 0 saturated heterocycles. The minimum absolute atomic E-state index is 0.363. The molecule has 5 heteroatoms. The standard InChI is InChI=1S/C18H27N3O2/c1-17(2,3)23-16(22)20-12-18(4,11-19)14-7-6-8-15-13(14)9-10-21(15)5/h6-10H,11-12,19H2,1-5H3,(H,20,22). The van der Waals surface area contributed by atoms with Crippen molar-refractivity contribution >= 4 is 17.0 Å². The van der Waals surface area contributed by atoms with Gasteiger partial charge in [0.2, 0.25) is 0 Å². The van der Waals surface area contributed by atoms with Crippen molar-refractivity contribution in [2.45, 2.75) is 38.7 Å². The van der Waals surface area contributed by atoms with Gasteiger partial charge in [-0.2, -0.15) is 0 Å². The summed E-state index contributed by atoms with van der Waals surface area (Å²) in [6.07, 6.45) is 1.62. The molecule has 1 heterocycles. The lowest BCUT2D eigenvalue weighted by molar-refractivity contribution is 0.0516. The lowest BCUT2D eigenvalue weighted by Gasteiger charge is -2.30. The van der Waals surface area contributed by atoms with Crippen LogP contribution >= 0.6 is 0 Å². The van der Waals surface area contributed by atoms with E-state index in [0.29, 0.717) is 13.1 Å². The Balaban J connectivity index is 2.24. The molecule has 1 aromatic carbocycles. The fraction of sp³-hybridized carbons (Fsp3) is 0.500. The molecule has 2 aromatic rings. The summed E-state index contributed by atoms with van der Waals surface area (Å²) in [5.41, 5.74) is 7.46. The van der Waals surface area contributed by atoms with E-state index in [1.807, 2.05) is 40.1 Å². The monoisotopic (exact) mass is 317 g/mol. The van der Waals surface area contributed by atoms with Gasteiger partial charge >= 0.3 is 6.09 Å². The Morgan fingerprint density at radius 2 is 1.96 bits per heavy atom. The van der Waals surface area contributed by atoms with Gasteiger partial charge in [-0.15, -0.1) is 0 Å². The number of hydrogen-bond donors (Lipinski definition) is 2. The third kappa shape index (κ3) is 3.85. The van der Waals surface area contributed by atoms with Gasteiger partial charge in [0.15, 0.2) is 0 Å². The van der Waals surface area contributed by atoms with E-state index >= 15 is 0 Å². The van der Waals surface area contributed by atoms with E-state index in [9.17, 15) is 4.79 Å². The molecule has 0 bridgehead atoms. The molecule has 1 atom stereocenters. The summed E-state index contributed by atoms with van der Waals surface area (Å²) in [5.74, 6) is 0. The highest BCUT2D eigenvalue weighted by molar-refractivity contribution is 5.85. The van der Waals surface area contributed by atoms with Gasteiger partial charge in [-0.25, -0.2) is 4.79 Å². The van der Waals surface area contributed by atoms with Crippen molar-refractivity contribution in [2.75, 3.05) is 13.1 Å². The first-order valence-corrected chi connectivity index (χ1v) is 7.88. The average Bonchev–Trinajstić information content (AvgIpc) is 2.85. The number of rotatable bonds is 4. The van der Waals surface area contributed by atoms with Gasteiger partial charge in [-0.3, -0.25) is 0 Å². The lowest BCUT2D eigenvalue weighted by atomic mass is 9.80. The second kappa shape index (κ2) is 6.24. The molecule has 0 aliphatic carbocycles. The summed E-state index contributed by atoms with van der Waals surface area (Å²) in [5, 5.41) is 4.01. The Labute approximate surface area is 137 Å². The summed E-state index contributed by atoms with van der Waals surface area (Å²) in [6.45, 7) is 8.45. The number of amides is 1. The summed E-state index contributed by atoms with van der Waals surface area (Å²) in [6, 6.07) is 8.27. The second-order valence-corrected chi connectivity index (χ2v) is 7.29. The second-order valence-electron chi connectivity index (χ2n) is 7.29. The zero-order valence-corrected chi connectivity index (χ0v) is 14.6. The van der Waals surface area contributed by atoms with Crippen LogP contribution in [0.25, 0.3) is 10.9 Å². The first kappa shape index (κ1) is 17.3. The lowest BCUT2D eigenvalue weighted by Crippen LogP contribution is -2.45. The van der Waals surface area contributed by atoms with E-state index in [-0.39, 0.29) is 5.41 Å². The van der Waals surface area contributed by atoms with Crippen LogP contribution < -0.4 is 11.1 Å². The molecular formula is C18H27N3O2. The van der Waals surface area contributed by atoms with Gasteiger partial charge in [0, 0.05) is 42.7 Å². The Hall–Kier alpha value is -2.01. The van der Waals surface area contributed by atoms with Crippen LogP contribution in [-0.2, 0) is 17.2 Å². The fourth-order valence-corrected chi connectivity index (χ4v) is 2.69. The van der Waals surface area contributed by atoms with Crippen molar-refractivity contribution in [3.63, 3.8) is 0 Å². The number of nitrogens with zero attached hydrogens (tertiary/aromatic N) is 1. The molecule has 1 amide bonds. The molecule has 0 spiro atoms. The minimum atomic E-state index is -0.511. The quantitative estimate of drug-likeness (QED) is 0.911. The zero-order valence-electron chi connectivity index (χ0n) is 14.6. The van der Waals surface area contributed by atoms with Gasteiger partial charge in [0.05, 0.1) is 0 Å². The molecule has 23 heavy (non-hydrogen) atoms. The number of ether oxygens (including phenoxy) is 1. The van der Waals surface area contributed by atoms with Crippen molar-refractivity contribution in [1.29, 1.82) is 0 Å². The fourth-order valence-electron chi connectivity index (χ4n) is 2.69. The predicted octanol–water partition coefficient (Wildman–Crippen LogP) is 2.92. The third-order valence-electron chi connectivity index (χ3n) is 4.05. The highest BCUT2D eigenvalue weighted by Gasteiger charge is 2.29. The van der Waals surface area contributed by atoms with Crippen molar-refractivity contribution in [1.82, 2.24) is 9.88 Å². The highest BCUT2D eigenvalue weighted by atomic mass is 16.6. The summed E-state index contributed by atoms with van der Waals surface area (Å²) < 4.78 is 7.39. The Kier molecular flexibility index (Phi) is 4.71. The SMILES string of the molecule is Cn1ccc2c(C(C)(CN)CNC(=O)OC(C)(C)C)cccc21. The third-order valence-corrected chi connectivity index (χ3v) is 4.05. The van der Waals surface area contributed by atoms with E-state index in [2.05, 4.69) is 35.0 Å². The molecule has 3 N–H and O–H groups in total. The maximum absolute atomic E-state index is 11.9. The van der Waals surface area contributed by atoms with Crippen LogP contribution in [0.3, 0.4) is 0 Å². The molecule has 1 unspecified atom stereocenters. The number of fused-ring (bicyclic) bond motifs is 1. The molecule has 126 valence electrons. The topological polar surface area (TPSA) is 69.3 Å². The number of aromatic nitrogens is 1. The number of hydrogen-bond acceptors (Lipinski definition) is 3. The van der Waals surface area contributed by atoms with Crippen LogP contribution in [0.2, 0.25) is 0 Å². The number of carbonyl (C=O) groups excluding carboxylic acids is 1. The van der Waals surface area contributed by atoms with Gasteiger partial charge < -0.3 is 20.4 Å². The van der Waals surface area contributed by atoms with Crippen molar-refractivity contribution in [3.8, 4) is 0 Å². The molecule has 0 aliphatic rings. The van der Waals surface area contributed by atoms with Crippen LogP contribution in [-0.4, -0.2) is 29.4 Å². The molecule has 0 radical (unpaired) electrons. The number of aryl methyl sites for hydroxylation is 1. The maximum Gasteiger partial charge on any atom is 0.407 e. The summed E-state index contributed by atoms with van der Waals surface area (Å²) >= 11 is 0. The number of benzene rings is 1. The molecule has 0 aliphatic heterocycles. The van der Waals surface area contributed by atoms with Crippen LogP contribution in [0.15, 0.2) is 30.5 Å². The predicted molar refractivity (Wildman–Crippen MR) is 93.6 cm³/mol. The summed E-state index contributed by atoms with van der Waals surface area (Å²) in [7, 11) is 2.02. The maximum atomic E-state index is 11.9. The van der Waals surface area contributed by atoms with E-state index in [4.69, 9.17) is 10.5 Å². The Morgan fingerprint density at radius 3 is 2.57 bits per heavy atom. The van der Waals surface area contributed by atoms with E-state index in [1.54, 1.807) is 0 Å². The largest absolute Gasteiger partial charge is 0.444 e. The van der Waals surface area contributed by atoms with Crippen LogP contribution in [0, 0.1) is 0 Å².